The summed E-state index contributed by atoms with van der Waals surface area (Å²) >= 11 is 1.66. The van der Waals surface area contributed by atoms with Crippen LogP contribution in [-0.4, -0.2) is 47.1 Å². The Morgan fingerprint density at radius 1 is 1.20 bits per heavy atom. The Kier molecular flexibility index (Phi) is 10.6. The molecule has 0 aliphatic rings. The molecule has 1 aromatic rings. The third kappa shape index (κ3) is 7.67. The van der Waals surface area contributed by atoms with Crippen molar-refractivity contribution in [3.63, 3.8) is 0 Å². The maximum Gasteiger partial charge on any atom is 0.190 e. The molecule has 0 bridgehead atoms. The van der Waals surface area contributed by atoms with Gasteiger partial charge in [0.1, 0.15) is 5.82 Å². The van der Waals surface area contributed by atoms with Gasteiger partial charge in [-0.3, -0.25) is 4.99 Å². The second-order valence-corrected chi connectivity index (χ2v) is 7.55. The minimum Gasteiger partial charge on any atom is -0.356 e. The molecule has 0 aliphatic heterocycles. The van der Waals surface area contributed by atoms with Crippen LogP contribution in [0.25, 0.3) is 0 Å². The van der Waals surface area contributed by atoms with Crippen molar-refractivity contribution in [2.24, 2.45) is 16.8 Å². The molecule has 0 saturated heterocycles. The van der Waals surface area contributed by atoms with Gasteiger partial charge in [0.05, 0.1) is 0 Å². The molecule has 2 N–H and O–H groups in total. The lowest BCUT2D eigenvalue weighted by molar-refractivity contribution is 0.475. The minimum absolute atomic E-state index is 0.590. The fourth-order valence-electron chi connectivity index (χ4n) is 2.70. The molecule has 0 fully saturated rings. The van der Waals surface area contributed by atoms with Gasteiger partial charge in [0.25, 0.3) is 0 Å². The molecule has 1 rings (SSSR count). The summed E-state index contributed by atoms with van der Waals surface area (Å²) in [7, 11) is 1.83. The lowest BCUT2D eigenvalue weighted by atomic mass is 10.0. The predicted molar refractivity (Wildman–Crippen MR) is 108 cm³/mol. The smallest absolute Gasteiger partial charge is 0.190 e. The maximum absolute atomic E-state index is 4.38. The van der Waals surface area contributed by atoms with E-state index in [-0.39, 0.29) is 0 Å². The molecule has 0 unspecified atom stereocenters. The van der Waals surface area contributed by atoms with E-state index < -0.39 is 0 Å². The predicted octanol–water partition coefficient (Wildman–Crippen LogP) is 3.19. The normalized spacial score (nSPS) is 12.2. The highest BCUT2D eigenvalue weighted by molar-refractivity contribution is 7.98. The fourth-order valence-corrected chi connectivity index (χ4v) is 3.22. The van der Waals surface area contributed by atoms with Crippen LogP contribution in [-0.2, 0) is 13.0 Å². The van der Waals surface area contributed by atoms with Crippen LogP contribution in [0.2, 0.25) is 0 Å². The van der Waals surface area contributed by atoms with Gasteiger partial charge in [0.2, 0.25) is 0 Å². The Balaban J connectivity index is 2.43. The fraction of sp³-hybridized carbons (Fsp3) is 0.833. The van der Waals surface area contributed by atoms with E-state index >= 15 is 0 Å². The summed E-state index contributed by atoms with van der Waals surface area (Å²) in [6.45, 7) is 11.8. The van der Waals surface area contributed by atoms with E-state index in [0.717, 1.165) is 49.4 Å². The molecule has 7 heteroatoms. The van der Waals surface area contributed by atoms with Crippen molar-refractivity contribution in [3.8, 4) is 0 Å². The van der Waals surface area contributed by atoms with Crippen molar-refractivity contribution >= 4 is 17.7 Å². The molecule has 0 spiro atoms. The van der Waals surface area contributed by atoms with Crippen LogP contribution in [0.1, 0.15) is 52.8 Å². The number of aromatic nitrogens is 3. The van der Waals surface area contributed by atoms with Gasteiger partial charge in [0, 0.05) is 33.1 Å². The van der Waals surface area contributed by atoms with Crippen LogP contribution >= 0.6 is 11.8 Å². The highest BCUT2D eigenvalue weighted by Crippen LogP contribution is 2.16. The van der Waals surface area contributed by atoms with E-state index in [4.69, 9.17) is 0 Å². The van der Waals surface area contributed by atoms with E-state index in [1.54, 1.807) is 11.8 Å². The Morgan fingerprint density at radius 2 is 1.92 bits per heavy atom. The molecule has 0 amide bonds. The van der Waals surface area contributed by atoms with E-state index in [0.29, 0.717) is 11.8 Å². The van der Waals surface area contributed by atoms with Gasteiger partial charge in [-0.05, 0) is 24.5 Å². The zero-order valence-corrected chi connectivity index (χ0v) is 17.6. The van der Waals surface area contributed by atoms with Crippen molar-refractivity contribution < 1.29 is 0 Å². The van der Waals surface area contributed by atoms with Crippen LogP contribution in [0.4, 0.5) is 0 Å². The monoisotopic (exact) mass is 368 g/mol. The van der Waals surface area contributed by atoms with Gasteiger partial charge >= 0.3 is 0 Å². The molecule has 0 radical (unpaired) electrons. The van der Waals surface area contributed by atoms with Gasteiger partial charge < -0.3 is 15.2 Å². The Morgan fingerprint density at radius 3 is 2.48 bits per heavy atom. The molecule has 0 aromatic carbocycles. The summed E-state index contributed by atoms with van der Waals surface area (Å²) in [6, 6.07) is 0. The van der Waals surface area contributed by atoms with Gasteiger partial charge in [-0.2, -0.15) is 0 Å². The van der Waals surface area contributed by atoms with E-state index in [1.165, 1.54) is 12.8 Å². The van der Waals surface area contributed by atoms with Crippen molar-refractivity contribution in [2.45, 2.75) is 65.1 Å². The number of nitrogens with one attached hydrogen (secondary N) is 2. The molecular formula is C18H36N6S. The highest BCUT2D eigenvalue weighted by atomic mass is 32.2. The Labute approximate surface area is 157 Å². The number of hydrogen-bond donors (Lipinski definition) is 2. The first kappa shape index (κ1) is 21.8. The van der Waals surface area contributed by atoms with Gasteiger partial charge in [-0.1, -0.05) is 52.3 Å². The molecule has 0 aliphatic carbocycles. The summed E-state index contributed by atoms with van der Waals surface area (Å²) in [4.78, 5) is 4.31. The number of nitrogens with zero attached hydrogens (tertiary/aromatic N) is 4. The van der Waals surface area contributed by atoms with Gasteiger partial charge in [-0.15, -0.1) is 10.2 Å². The zero-order valence-electron chi connectivity index (χ0n) is 16.8. The summed E-state index contributed by atoms with van der Waals surface area (Å²) < 4.78 is 2.26. The SMILES string of the molecule is CCC(CC)CNC(=NC)NCCCc1nnc(SC)n1CC(C)C. The van der Waals surface area contributed by atoms with Crippen LogP contribution in [0.3, 0.4) is 0 Å². The summed E-state index contributed by atoms with van der Waals surface area (Å²) in [6.07, 6.45) is 6.39. The molecule has 1 aromatic heterocycles. The molecule has 25 heavy (non-hydrogen) atoms. The van der Waals surface area contributed by atoms with Gasteiger partial charge in [0.15, 0.2) is 11.1 Å². The average Bonchev–Trinajstić information content (AvgIpc) is 2.98. The first-order valence-electron chi connectivity index (χ1n) is 9.46. The number of aryl methyl sites for hydroxylation is 1. The van der Waals surface area contributed by atoms with Crippen molar-refractivity contribution in [1.82, 2.24) is 25.4 Å². The first-order chi connectivity index (χ1) is 12.0. The first-order valence-corrected chi connectivity index (χ1v) is 10.7. The standard InChI is InChI=1S/C18H36N6S/c1-7-15(8-2)12-21-17(19-5)20-11-9-10-16-22-23-18(25-6)24(16)13-14(3)4/h14-15H,7-13H2,1-6H3,(H2,19,20,21). The maximum atomic E-state index is 4.38. The molecular weight excluding hydrogens is 332 g/mol. The third-order valence-corrected chi connectivity index (χ3v) is 5.00. The number of thioether (sulfide) groups is 1. The number of guanidine groups is 1. The summed E-state index contributed by atoms with van der Waals surface area (Å²) in [5, 5.41) is 16.5. The summed E-state index contributed by atoms with van der Waals surface area (Å²) in [5.41, 5.74) is 0. The van der Waals surface area contributed by atoms with Crippen LogP contribution in [0.5, 0.6) is 0 Å². The van der Waals surface area contributed by atoms with E-state index in [2.05, 4.69) is 64.3 Å². The number of rotatable bonds is 11. The van der Waals surface area contributed by atoms with Crippen LogP contribution < -0.4 is 10.6 Å². The Hall–Kier alpha value is -1.24. The number of hydrogen-bond acceptors (Lipinski definition) is 4. The lowest BCUT2D eigenvalue weighted by Crippen LogP contribution is -2.40. The minimum atomic E-state index is 0.590. The molecule has 144 valence electrons. The molecule has 0 saturated carbocycles. The second-order valence-electron chi connectivity index (χ2n) is 6.77. The highest BCUT2D eigenvalue weighted by Gasteiger charge is 2.12. The molecule has 0 atom stereocenters. The van der Waals surface area contributed by atoms with Crippen LogP contribution in [0, 0.1) is 11.8 Å². The molecule has 6 nitrogen and oxygen atoms in total. The quantitative estimate of drug-likeness (QED) is 0.272. The van der Waals surface area contributed by atoms with E-state index in [1.807, 2.05) is 7.05 Å². The largest absolute Gasteiger partial charge is 0.356 e. The summed E-state index contributed by atoms with van der Waals surface area (Å²) in [5.74, 6) is 3.27. The van der Waals surface area contributed by atoms with Crippen LogP contribution in [0.15, 0.2) is 10.1 Å². The van der Waals surface area contributed by atoms with Gasteiger partial charge in [-0.25, -0.2) is 0 Å². The zero-order chi connectivity index (χ0) is 18.7. The average molecular weight is 369 g/mol. The van der Waals surface area contributed by atoms with Crippen molar-refractivity contribution in [2.75, 3.05) is 26.4 Å². The van der Waals surface area contributed by atoms with Crippen molar-refractivity contribution in [1.29, 1.82) is 0 Å². The van der Waals surface area contributed by atoms with Crippen molar-refractivity contribution in [3.05, 3.63) is 5.82 Å². The number of aliphatic imine (C=N–C) groups is 1. The third-order valence-electron chi connectivity index (χ3n) is 4.33. The lowest BCUT2D eigenvalue weighted by Gasteiger charge is -2.16. The topological polar surface area (TPSA) is 67.1 Å². The Bertz CT molecular complexity index is 508. The second kappa shape index (κ2) is 12.2. The van der Waals surface area contributed by atoms with E-state index in [9.17, 15) is 0 Å². The molecule has 1 heterocycles.